The lowest BCUT2D eigenvalue weighted by Crippen LogP contribution is -2.14. The van der Waals surface area contributed by atoms with Crippen LogP contribution in [-0.2, 0) is 6.42 Å². The molecule has 0 aliphatic carbocycles. The summed E-state index contributed by atoms with van der Waals surface area (Å²) in [7, 11) is 0. The predicted octanol–water partition coefficient (Wildman–Crippen LogP) is 4.39. The molecular formula is C16H16ClFN2O. The number of hydrogen-bond donors (Lipinski definition) is 1. The van der Waals surface area contributed by atoms with Gasteiger partial charge in [0.15, 0.2) is 0 Å². The first-order valence-electron chi connectivity index (χ1n) is 6.73. The van der Waals surface area contributed by atoms with Crippen molar-refractivity contribution in [3.05, 3.63) is 58.1 Å². The van der Waals surface area contributed by atoms with Gasteiger partial charge in [-0.25, -0.2) is 9.37 Å². The zero-order chi connectivity index (χ0) is 15.4. The quantitative estimate of drug-likeness (QED) is 0.851. The van der Waals surface area contributed by atoms with Crippen molar-refractivity contribution in [2.24, 2.45) is 0 Å². The summed E-state index contributed by atoms with van der Waals surface area (Å²) in [5, 5.41) is 2.81. The van der Waals surface area contributed by atoms with Crippen LogP contribution in [0.1, 0.15) is 35.0 Å². The van der Waals surface area contributed by atoms with Crippen molar-refractivity contribution < 1.29 is 9.18 Å². The molecule has 0 fully saturated rings. The molecule has 2 aromatic rings. The van der Waals surface area contributed by atoms with E-state index in [2.05, 4.69) is 10.3 Å². The van der Waals surface area contributed by atoms with E-state index in [0.29, 0.717) is 5.56 Å². The molecule has 21 heavy (non-hydrogen) atoms. The SMILES string of the molecule is CCCc1cc(C(=O)Nc2ccc(C)cc2F)cc(Cl)n1. The van der Waals surface area contributed by atoms with Crippen molar-refractivity contribution in [3.63, 3.8) is 0 Å². The summed E-state index contributed by atoms with van der Waals surface area (Å²) in [4.78, 5) is 16.3. The van der Waals surface area contributed by atoms with E-state index >= 15 is 0 Å². The van der Waals surface area contributed by atoms with Gasteiger partial charge < -0.3 is 5.32 Å². The molecule has 2 rings (SSSR count). The second-order valence-electron chi connectivity index (χ2n) is 4.86. The van der Waals surface area contributed by atoms with Gasteiger partial charge in [-0.3, -0.25) is 4.79 Å². The highest BCUT2D eigenvalue weighted by atomic mass is 35.5. The Hall–Kier alpha value is -1.94. The molecule has 0 saturated heterocycles. The van der Waals surface area contributed by atoms with Gasteiger partial charge in [-0.1, -0.05) is 31.0 Å². The minimum absolute atomic E-state index is 0.149. The van der Waals surface area contributed by atoms with Crippen LogP contribution in [0.4, 0.5) is 10.1 Å². The van der Waals surface area contributed by atoms with Crippen molar-refractivity contribution >= 4 is 23.2 Å². The van der Waals surface area contributed by atoms with Gasteiger partial charge in [0.05, 0.1) is 5.69 Å². The van der Waals surface area contributed by atoms with Crippen LogP contribution in [0.5, 0.6) is 0 Å². The molecule has 0 unspecified atom stereocenters. The van der Waals surface area contributed by atoms with Crippen molar-refractivity contribution in [1.29, 1.82) is 0 Å². The van der Waals surface area contributed by atoms with Gasteiger partial charge >= 0.3 is 0 Å². The zero-order valence-electron chi connectivity index (χ0n) is 11.9. The Balaban J connectivity index is 2.23. The molecule has 0 aliphatic rings. The number of amides is 1. The number of nitrogens with one attached hydrogen (secondary N) is 1. The molecule has 1 amide bonds. The van der Waals surface area contributed by atoms with E-state index in [1.807, 2.05) is 6.92 Å². The van der Waals surface area contributed by atoms with E-state index in [9.17, 15) is 9.18 Å². The highest BCUT2D eigenvalue weighted by Gasteiger charge is 2.12. The molecule has 5 heteroatoms. The van der Waals surface area contributed by atoms with Crippen molar-refractivity contribution in [2.75, 3.05) is 5.32 Å². The molecule has 1 N–H and O–H groups in total. The second kappa shape index (κ2) is 6.68. The number of anilines is 1. The smallest absolute Gasteiger partial charge is 0.255 e. The van der Waals surface area contributed by atoms with E-state index < -0.39 is 11.7 Å². The van der Waals surface area contributed by atoms with Crippen LogP contribution < -0.4 is 5.32 Å². The standard InChI is InChI=1S/C16H16ClFN2O/c1-3-4-12-8-11(9-15(17)19-12)16(21)20-14-6-5-10(2)7-13(14)18/h5-9H,3-4H2,1-2H3,(H,20,21). The maximum Gasteiger partial charge on any atom is 0.255 e. The molecule has 0 bridgehead atoms. The van der Waals surface area contributed by atoms with E-state index in [1.165, 1.54) is 18.2 Å². The third kappa shape index (κ3) is 4.02. The van der Waals surface area contributed by atoms with E-state index in [-0.39, 0.29) is 10.8 Å². The van der Waals surface area contributed by atoms with Gasteiger partial charge in [0.1, 0.15) is 11.0 Å². The van der Waals surface area contributed by atoms with Crippen molar-refractivity contribution in [1.82, 2.24) is 4.98 Å². The molecule has 1 heterocycles. The number of pyridine rings is 1. The highest BCUT2D eigenvalue weighted by Crippen LogP contribution is 2.18. The van der Waals surface area contributed by atoms with Gasteiger partial charge in [0, 0.05) is 11.3 Å². The fraction of sp³-hybridized carbons (Fsp3) is 0.250. The Morgan fingerprint density at radius 2 is 2.10 bits per heavy atom. The van der Waals surface area contributed by atoms with Crippen LogP contribution in [-0.4, -0.2) is 10.9 Å². The zero-order valence-corrected chi connectivity index (χ0v) is 12.7. The van der Waals surface area contributed by atoms with E-state index in [1.54, 1.807) is 19.1 Å². The first kappa shape index (κ1) is 15.4. The van der Waals surface area contributed by atoms with Gasteiger partial charge in [-0.05, 0) is 43.2 Å². The molecular weight excluding hydrogens is 291 g/mol. The van der Waals surface area contributed by atoms with E-state index in [4.69, 9.17) is 11.6 Å². The number of hydrogen-bond acceptors (Lipinski definition) is 2. The van der Waals surface area contributed by atoms with Gasteiger partial charge in [0.25, 0.3) is 5.91 Å². The number of rotatable bonds is 4. The third-order valence-electron chi connectivity index (χ3n) is 2.99. The van der Waals surface area contributed by atoms with E-state index in [0.717, 1.165) is 24.1 Å². The van der Waals surface area contributed by atoms with Crippen LogP contribution in [0, 0.1) is 12.7 Å². The number of nitrogens with zero attached hydrogens (tertiary/aromatic N) is 1. The number of aryl methyl sites for hydroxylation is 2. The molecule has 0 saturated carbocycles. The number of carbonyl (C=O) groups is 1. The van der Waals surface area contributed by atoms with Gasteiger partial charge in [0.2, 0.25) is 0 Å². The Morgan fingerprint density at radius 3 is 2.76 bits per heavy atom. The Labute approximate surface area is 128 Å². The number of carbonyl (C=O) groups excluding carboxylic acids is 1. The number of benzene rings is 1. The molecule has 0 aliphatic heterocycles. The van der Waals surface area contributed by atoms with Crippen molar-refractivity contribution in [3.8, 4) is 0 Å². The Bertz CT molecular complexity index is 673. The molecule has 3 nitrogen and oxygen atoms in total. The molecule has 0 atom stereocenters. The molecule has 1 aromatic heterocycles. The molecule has 0 spiro atoms. The average molecular weight is 307 g/mol. The summed E-state index contributed by atoms with van der Waals surface area (Å²) in [6, 6.07) is 7.80. The minimum Gasteiger partial charge on any atom is -0.319 e. The lowest BCUT2D eigenvalue weighted by molar-refractivity contribution is 0.102. The largest absolute Gasteiger partial charge is 0.319 e. The fourth-order valence-corrected chi connectivity index (χ4v) is 2.21. The topological polar surface area (TPSA) is 42.0 Å². The molecule has 0 radical (unpaired) electrons. The minimum atomic E-state index is -0.461. The summed E-state index contributed by atoms with van der Waals surface area (Å²) >= 11 is 5.92. The highest BCUT2D eigenvalue weighted by molar-refractivity contribution is 6.29. The lowest BCUT2D eigenvalue weighted by Gasteiger charge is -2.08. The van der Waals surface area contributed by atoms with Crippen LogP contribution in [0.25, 0.3) is 0 Å². The first-order chi connectivity index (χ1) is 9.99. The van der Waals surface area contributed by atoms with Crippen molar-refractivity contribution in [2.45, 2.75) is 26.7 Å². The normalized spacial score (nSPS) is 10.5. The monoisotopic (exact) mass is 306 g/mol. The molecule has 1 aromatic carbocycles. The predicted molar refractivity (Wildman–Crippen MR) is 82.3 cm³/mol. The van der Waals surface area contributed by atoms with Crippen LogP contribution in [0.2, 0.25) is 5.15 Å². The molecule has 110 valence electrons. The number of aromatic nitrogens is 1. The van der Waals surface area contributed by atoms with Gasteiger partial charge in [-0.2, -0.15) is 0 Å². The lowest BCUT2D eigenvalue weighted by atomic mass is 10.1. The van der Waals surface area contributed by atoms with Crippen LogP contribution in [0.15, 0.2) is 30.3 Å². The summed E-state index contributed by atoms with van der Waals surface area (Å²) < 4.78 is 13.8. The number of halogens is 2. The van der Waals surface area contributed by atoms with Gasteiger partial charge in [-0.15, -0.1) is 0 Å². The summed E-state index contributed by atoms with van der Waals surface area (Å²) in [5.74, 6) is -0.864. The third-order valence-corrected chi connectivity index (χ3v) is 3.18. The second-order valence-corrected chi connectivity index (χ2v) is 5.24. The summed E-state index contributed by atoms with van der Waals surface area (Å²) in [6.45, 7) is 3.80. The summed E-state index contributed by atoms with van der Waals surface area (Å²) in [5.41, 5.74) is 2.07. The maximum atomic E-state index is 13.8. The fourth-order valence-electron chi connectivity index (χ4n) is 1.98. The summed E-state index contributed by atoms with van der Waals surface area (Å²) in [6.07, 6.45) is 1.64. The van der Waals surface area contributed by atoms with Crippen LogP contribution in [0.3, 0.4) is 0 Å². The maximum absolute atomic E-state index is 13.8. The Kier molecular flexibility index (Phi) is 4.91. The van der Waals surface area contributed by atoms with Crippen LogP contribution >= 0.6 is 11.6 Å². The Morgan fingerprint density at radius 1 is 1.33 bits per heavy atom. The first-order valence-corrected chi connectivity index (χ1v) is 7.11. The average Bonchev–Trinajstić information content (AvgIpc) is 2.41.